The Labute approximate surface area is 378 Å². The predicted octanol–water partition coefficient (Wildman–Crippen LogP) is 5.85. The second-order valence-corrected chi connectivity index (χ2v) is 34.7. The van der Waals surface area contributed by atoms with E-state index < -0.39 is 73.6 Å². The Hall–Kier alpha value is -5.96. The molecule has 63 heavy (non-hydrogen) atoms. The second-order valence-electron chi connectivity index (χ2n) is 15.2. The van der Waals surface area contributed by atoms with Crippen LogP contribution in [0, 0.1) is 11.8 Å². The Balaban J connectivity index is 0.000000136. The van der Waals surface area contributed by atoms with Gasteiger partial charge in [0.2, 0.25) is 0 Å². The van der Waals surface area contributed by atoms with Crippen LogP contribution in [-0.2, 0) is 14.3 Å². The first-order valence-electron chi connectivity index (χ1n) is 21.0. The molecule has 2 aliphatic rings. The Morgan fingerprint density at radius 3 is 0.603 bits per heavy atom. The molecule has 10 rings (SSSR count). The molecular formula is C56H48O5Sb2. The van der Waals surface area contributed by atoms with Gasteiger partial charge in [-0.15, -0.1) is 0 Å². The Kier molecular flexibility index (Phi) is 14.2. The van der Waals surface area contributed by atoms with Gasteiger partial charge in [-0.2, -0.15) is 0 Å². The maximum atomic E-state index is 10.7. The zero-order valence-corrected chi connectivity index (χ0v) is 39.7. The van der Waals surface area contributed by atoms with Crippen molar-refractivity contribution < 1.29 is 24.5 Å². The van der Waals surface area contributed by atoms with E-state index in [9.17, 15) is 9.59 Å². The molecule has 0 amide bonds. The van der Waals surface area contributed by atoms with Crippen LogP contribution < -0.4 is 28.1 Å². The van der Waals surface area contributed by atoms with Crippen molar-refractivity contribution in [3.05, 3.63) is 255 Å². The molecule has 2 heterocycles. The molecule has 0 unspecified atom stereocenters. The van der Waals surface area contributed by atoms with Gasteiger partial charge in [-0.25, -0.2) is 0 Å². The zero-order valence-electron chi connectivity index (χ0n) is 34.6. The van der Waals surface area contributed by atoms with E-state index in [1.165, 1.54) is 28.1 Å². The van der Waals surface area contributed by atoms with Crippen molar-refractivity contribution >= 4 is 77.6 Å². The molecule has 1 saturated heterocycles. The first-order valence-corrected chi connectivity index (χ1v) is 31.2. The van der Waals surface area contributed by atoms with Gasteiger partial charge < -0.3 is 14.9 Å². The van der Waals surface area contributed by atoms with E-state index >= 15 is 0 Å². The van der Waals surface area contributed by atoms with Crippen LogP contribution in [0.5, 0.6) is 0 Å². The minimum absolute atomic E-state index is 0.566. The molecule has 8 aromatic carbocycles. The molecule has 312 valence electrons. The summed E-state index contributed by atoms with van der Waals surface area (Å²) in [6.45, 7) is 0. The van der Waals surface area contributed by atoms with Gasteiger partial charge in [-0.3, -0.25) is 9.59 Å². The summed E-state index contributed by atoms with van der Waals surface area (Å²) in [6.07, 6.45) is 2.10. The Morgan fingerprint density at radius 2 is 0.460 bits per heavy atom. The van der Waals surface area contributed by atoms with Gasteiger partial charge in [-0.05, 0) is 0 Å². The predicted molar refractivity (Wildman–Crippen MR) is 260 cm³/mol. The van der Waals surface area contributed by atoms with Crippen LogP contribution in [0.4, 0.5) is 0 Å². The number of carboxylic acid groups (broad SMARTS) is 2. The number of carbonyl (C=O) groups is 2. The normalized spacial score (nSPS) is 17.3. The van der Waals surface area contributed by atoms with Crippen LogP contribution in [0.3, 0.4) is 0 Å². The van der Waals surface area contributed by atoms with Gasteiger partial charge >= 0.3 is 320 Å². The van der Waals surface area contributed by atoms with E-state index in [4.69, 9.17) is 14.9 Å². The summed E-state index contributed by atoms with van der Waals surface area (Å²) in [4.78, 5) is 21.5. The fourth-order valence-corrected chi connectivity index (χ4v) is 33.3. The van der Waals surface area contributed by atoms with Crippen molar-refractivity contribution in [1.82, 2.24) is 0 Å². The molecule has 7 heteroatoms. The summed E-state index contributed by atoms with van der Waals surface area (Å²) in [7, 11) is 0. The molecule has 2 N–H and O–H groups in total. The van der Waals surface area contributed by atoms with Gasteiger partial charge in [0.1, 0.15) is 11.8 Å². The summed E-state index contributed by atoms with van der Waals surface area (Å²) in [5.41, 5.74) is 0. The second kappa shape index (κ2) is 20.5. The third-order valence-electron chi connectivity index (χ3n) is 11.6. The fourth-order valence-electron chi connectivity index (χ4n) is 8.90. The van der Waals surface area contributed by atoms with E-state index in [0.717, 1.165) is 0 Å². The van der Waals surface area contributed by atoms with Crippen molar-refractivity contribution in [2.24, 2.45) is 11.8 Å². The van der Waals surface area contributed by atoms with Crippen LogP contribution in [0.2, 0.25) is 0 Å². The van der Waals surface area contributed by atoms with Gasteiger partial charge in [-0.1, -0.05) is 12.2 Å². The molecule has 5 nitrogen and oxygen atoms in total. The number of aliphatic carboxylic acids is 2. The van der Waals surface area contributed by atoms with Crippen LogP contribution >= 0.6 is 0 Å². The van der Waals surface area contributed by atoms with Crippen molar-refractivity contribution in [3.63, 3.8) is 0 Å². The monoisotopic (exact) mass is 1040 g/mol. The van der Waals surface area contributed by atoms with Crippen LogP contribution in [0.1, 0.15) is 0 Å². The molecule has 8 aromatic rings. The van der Waals surface area contributed by atoms with E-state index in [1.807, 2.05) is 0 Å². The summed E-state index contributed by atoms with van der Waals surface area (Å²) in [5, 5.41) is 17.6. The number of benzene rings is 8. The Bertz CT molecular complexity index is 2190. The zero-order chi connectivity index (χ0) is 43.5. The summed E-state index contributed by atoms with van der Waals surface area (Å²) < 4.78 is 17.0. The number of fused-ring (bicyclic) bond motifs is 2. The van der Waals surface area contributed by atoms with Crippen molar-refractivity contribution in [2.75, 3.05) is 0 Å². The Morgan fingerprint density at radius 1 is 0.302 bits per heavy atom. The maximum absolute atomic E-state index is 10.7. The first kappa shape index (κ1) is 43.7. The topological polar surface area (TPSA) is 83.8 Å². The number of hydrogen-bond donors (Lipinski definition) is 2. The fraction of sp³-hybridized carbons (Fsp3) is 0.0714. The molecule has 0 spiro atoms. The van der Waals surface area contributed by atoms with Gasteiger partial charge in [0.25, 0.3) is 0 Å². The number of ether oxygens (including phenoxy) is 1. The SMILES string of the molecule is O=C(O)[C@@H]1[C@H](C(=O)O)[C@H]2C=C[C@@H]1O2.c1cc[c]([Sb]([c]2ccccc2)([c]2ccccc2)[c]2ccccc2)cc1.c1cc[c]([Sb]([c]2ccccc2)([c]2ccccc2)[c]2ccccc2)cc1. The molecule has 2 aliphatic heterocycles. The average Bonchev–Trinajstić information content (AvgIpc) is 3.99. The van der Waals surface area contributed by atoms with E-state index in [-0.39, 0.29) is 0 Å². The molecule has 1 fully saturated rings. The van der Waals surface area contributed by atoms with E-state index in [0.29, 0.717) is 0 Å². The summed E-state index contributed by atoms with van der Waals surface area (Å²) >= 11 is -6.33. The number of rotatable bonds is 10. The minimum atomic E-state index is -3.17. The van der Waals surface area contributed by atoms with Crippen molar-refractivity contribution in [2.45, 2.75) is 12.2 Å². The first-order chi connectivity index (χ1) is 31.0. The van der Waals surface area contributed by atoms with Gasteiger partial charge in [0.05, 0.1) is 12.2 Å². The summed E-state index contributed by atoms with van der Waals surface area (Å²) in [6, 6.07) is 88.8. The molecule has 0 aromatic heterocycles. The van der Waals surface area contributed by atoms with Crippen LogP contribution in [0.15, 0.2) is 255 Å². The molecule has 0 aliphatic carbocycles. The van der Waals surface area contributed by atoms with E-state index in [2.05, 4.69) is 243 Å². The van der Waals surface area contributed by atoms with Crippen molar-refractivity contribution in [3.8, 4) is 0 Å². The summed E-state index contributed by atoms with van der Waals surface area (Å²) in [5.74, 6) is -4.09. The molecular weight excluding hydrogens is 996 g/mol. The third-order valence-corrected chi connectivity index (χ3v) is 36.1. The number of hydrogen-bond acceptors (Lipinski definition) is 3. The molecule has 2 radical (unpaired) electrons. The average molecular weight is 1040 g/mol. The number of carboxylic acids is 2. The molecule has 2 bridgehead atoms. The quantitative estimate of drug-likeness (QED) is 0.133. The van der Waals surface area contributed by atoms with Gasteiger partial charge in [0.15, 0.2) is 0 Å². The third kappa shape index (κ3) is 8.97. The van der Waals surface area contributed by atoms with Crippen LogP contribution in [0.25, 0.3) is 0 Å². The van der Waals surface area contributed by atoms with Crippen LogP contribution in [-0.4, -0.2) is 72.0 Å². The molecule has 0 saturated carbocycles. The molecule has 4 atom stereocenters. The van der Waals surface area contributed by atoms with E-state index in [1.54, 1.807) is 12.2 Å². The van der Waals surface area contributed by atoms with Crippen molar-refractivity contribution in [1.29, 1.82) is 0 Å². The van der Waals surface area contributed by atoms with Gasteiger partial charge in [0, 0.05) is 0 Å². The standard InChI is InChI=1S/C8H8O5.8C6H5.2Sb/c9-7(10)5-3-1-2-4(13-3)6(5)8(11)12;8*1-2-4-6-5-3-1;;/h1-6H,(H,9,10)(H,11,12);8*1-5H;;/t3-,4+,5-,6+;;;;;;;;;;.